The van der Waals surface area contributed by atoms with Crippen LogP contribution < -0.4 is 10.9 Å². The van der Waals surface area contributed by atoms with Crippen LogP contribution in [0.3, 0.4) is 0 Å². The van der Waals surface area contributed by atoms with Crippen LogP contribution in [-0.4, -0.2) is 0 Å². The fraction of sp³-hybridized carbons (Fsp3) is 0. The Morgan fingerprint density at radius 1 is 0.500 bits per heavy atom. The van der Waals surface area contributed by atoms with Crippen molar-refractivity contribution in [3.05, 3.63) is 93.2 Å². The highest BCUT2D eigenvalue weighted by molar-refractivity contribution is 6.25. The molecule has 0 unspecified atom stereocenters. The second-order valence-corrected chi connectivity index (χ2v) is 6.08. The van der Waals surface area contributed by atoms with Gasteiger partial charge in [-0.05, 0) is 33.2 Å². The topological polar surface area (TPSA) is 34.1 Å². The van der Waals surface area contributed by atoms with Crippen molar-refractivity contribution in [1.29, 1.82) is 0 Å². The minimum atomic E-state index is -0.424. The molecule has 2 heteroatoms. The normalized spacial score (nSPS) is 11.7. The van der Waals surface area contributed by atoms with Crippen LogP contribution >= 0.6 is 0 Å². The first kappa shape index (κ1) is 13.2. The summed E-state index contributed by atoms with van der Waals surface area (Å²) in [5.41, 5.74) is 0.454. The van der Waals surface area contributed by atoms with Gasteiger partial charge in [0.05, 0.1) is 0 Å². The Balaban J connectivity index is 2.14. The molecule has 0 fully saturated rings. The summed E-state index contributed by atoms with van der Waals surface area (Å²) in [4.78, 5) is 25.5. The molecule has 0 N–H and O–H groups in total. The van der Waals surface area contributed by atoms with Gasteiger partial charge in [0, 0.05) is 16.3 Å². The molecule has 112 valence electrons. The van der Waals surface area contributed by atoms with E-state index in [1.807, 2.05) is 66.7 Å². The van der Waals surface area contributed by atoms with Crippen LogP contribution in [0, 0.1) is 0 Å². The number of hydrogen-bond acceptors (Lipinski definition) is 2. The van der Waals surface area contributed by atoms with E-state index in [9.17, 15) is 9.59 Å². The fourth-order valence-corrected chi connectivity index (χ4v) is 3.73. The van der Waals surface area contributed by atoms with Gasteiger partial charge in [-0.25, -0.2) is 0 Å². The smallest absolute Gasteiger partial charge is 0.234 e. The van der Waals surface area contributed by atoms with E-state index in [0.717, 1.165) is 32.5 Å². The van der Waals surface area contributed by atoms with Crippen LogP contribution in [0.1, 0.15) is 0 Å². The summed E-state index contributed by atoms with van der Waals surface area (Å²) in [6.45, 7) is 0. The Labute approximate surface area is 137 Å². The van der Waals surface area contributed by atoms with Crippen molar-refractivity contribution in [2.45, 2.75) is 0 Å². The molecule has 0 aliphatic rings. The fourth-order valence-electron chi connectivity index (χ4n) is 3.73. The van der Waals surface area contributed by atoms with E-state index in [0.29, 0.717) is 10.9 Å². The molecule has 0 saturated carbocycles. The summed E-state index contributed by atoms with van der Waals surface area (Å²) >= 11 is 0. The van der Waals surface area contributed by atoms with Crippen molar-refractivity contribution >= 4 is 32.3 Å². The Morgan fingerprint density at radius 3 is 1.88 bits per heavy atom. The van der Waals surface area contributed by atoms with E-state index in [4.69, 9.17) is 0 Å². The molecule has 0 saturated heterocycles. The zero-order chi connectivity index (χ0) is 16.3. The molecule has 5 rings (SSSR count). The molecule has 24 heavy (non-hydrogen) atoms. The molecule has 2 nitrogen and oxygen atoms in total. The Bertz CT molecular complexity index is 1310. The van der Waals surface area contributed by atoms with E-state index in [1.165, 1.54) is 0 Å². The van der Waals surface area contributed by atoms with Gasteiger partial charge in [0.1, 0.15) is 0 Å². The highest BCUT2D eigenvalue weighted by Crippen LogP contribution is 2.36. The Morgan fingerprint density at radius 2 is 1.17 bits per heavy atom. The van der Waals surface area contributed by atoms with Gasteiger partial charge in [-0.1, -0.05) is 66.7 Å². The third-order valence-corrected chi connectivity index (χ3v) is 4.79. The molecular formula is C22H12O2. The van der Waals surface area contributed by atoms with Gasteiger partial charge >= 0.3 is 0 Å². The third-order valence-electron chi connectivity index (χ3n) is 4.79. The van der Waals surface area contributed by atoms with Crippen molar-refractivity contribution in [3.63, 3.8) is 0 Å². The minimum absolute atomic E-state index is 0.417. The lowest BCUT2D eigenvalue weighted by molar-refractivity contribution is 1.53. The van der Waals surface area contributed by atoms with Crippen molar-refractivity contribution in [2.24, 2.45) is 0 Å². The molecule has 0 spiro atoms. The Hall–Kier alpha value is -3.26. The molecule has 0 aliphatic carbocycles. The largest absolute Gasteiger partial charge is 0.285 e. The summed E-state index contributed by atoms with van der Waals surface area (Å²) in [5.74, 6) is 0. The first-order valence-electron chi connectivity index (χ1n) is 7.88. The van der Waals surface area contributed by atoms with Crippen molar-refractivity contribution in [3.8, 4) is 11.1 Å². The van der Waals surface area contributed by atoms with E-state index >= 15 is 0 Å². The van der Waals surface area contributed by atoms with Gasteiger partial charge in [-0.3, -0.25) is 9.59 Å². The molecule has 0 atom stereocenters. The number of rotatable bonds is 1. The summed E-state index contributed by atoms with van der Waals surface area (Å²) in [6.07, 6.45) is 0. The second-order valence-electron chi connectivity index (χ2n) is 6.08. The number of hydrogen-bond donors (Lipinski definition) is 0. The first-order chi connectivity index (χ1) is 11.8. The average molecular weight is 308 g/mol. The van der Waals surface area contributed by atoms with Gasteiger partial charge in [0.2, 0.25) is 10.9 Å². The maximum absolute atomic E-state index is 12.8. The maximum Gasteiger partial charge on any atom is 0.234 e. The Kier molecular flexibility index (Phi) is 2.54. The zero-order valence-electron chi connectivity index (χ0n) is 12.7. The van der Waals surface area contributed by atoms with Crippen LogP contribution in [-0.2, 0) is 0 Å². The molecule has 5 aromatic rings. The third kappa shape index (κ3) is 1.60. The highest BCUT2D eigenvalue weighted by atomic mass is 16.2. The lowest BCUT2D eigenvalue weighted by Crippen LogP contribution is -2.25. The van der Waals surface area contributed by atoms with E-state index < -0.39 is 10.9 Å². The van der Waals surface area contributed by atoms with Crippen LogP contribution in [0.5, 0.6) is 0 Å². The predicted molar refractivity (Wildman–Crippen MR) is 99.3 cm³/mol. The molecule has 0 bridgehead atoms. The van der Waals surface area contributed by atoms with E-state index in [2.05, 4.69) is 0 Å². The summed E-state index contributed by atoms with van der Waals surface area (Å²) in [5, 5.41) is 5.49. The highest BCUT2D eigenvalue weighted by Gasteiger charge is 2.18. The SMILES string of the molecule is O=c1c(-c2ccccc2)c2ccc3cccc4ccc(c1=O)c2c34. The van der Waals surface area contributed by atoms with Crippen molar-refractivity contribution in [2.75, 3.05) is 0 Å². The van der Waals surface area contributed by atoms with Gasteiger partial charge in [-0.15, -0.1) is 0 Å². The molecule has 0 radical (unpaired) electrons. The molecule has 0 amide bonds. The quantitative estimate of drug-likeness (QED) is 0.339. The van der Waals surface area contributed by atoms with Gasteiger partial charge < -0.3 is 0 Å². The summed E-state index contributed by atoms with van der Waals surface area (Å²) in [7, 11) is 0. The van der Waals surface area contributed by atoms with Crippen molar-refractivity contribution in [1.82, 2.24) is 0 Å². The van der Waals surface area contributed by atoms with Gasteiger partial charge in [-0.2, -0.15) is 0 Å². The van der Waals surface area contributed by atoms with Crippen LogP contribution in [0.2, 0.25) is 0 Å². The van der Waals surface area contributed by atoms with Gasteiger partial charge in [0.25, 0.3) is 0 Å². The summed E-state index contributed by atoms with van der Waals surface area (Å²) in [6, 6.07) is 23.2. The monoisotopic (exact) mass is 308 g/mol. The lowest BCUT2D eigenvalue weighted by Gasteiger charge is -2.12. The van der Waals surface area contributed by atoms with E-state index in [1.54, 1.807) is 6.07 Å². The van der Waals surface area contributed by atoms with Crippen LogP contribution in [0.4, 0.5) is 0 Å². The average Bonchev–Trinajstić information content (AvgIpc) is 2.63. The van der Waals surface area contributed by atoms with Crippen LogP contribution in [0.25, 0.3) is 43.4 Å². The zero-order valence-corrected chi connectivity index (χ0v) is 12.7. The molecule has 0 aromatic heterocycles. The van der Waals surface area contributed by atoms with Crippen molar-refractivity contribution < 1.29 is 0 Å². The maximum atomic E-state index is 12.8. The first-order valence-corrected chi connectivity index (χ1v) is 7.88. The van der Waals surface area contributed by atoms with Crippen LogP contribution in [0.15, 0.2) is 82.4 Å². The molecule has 0 aliphatic heterocycles. The molecule has 0 heterocycles. The molecule has 5 aromatic carbocycles. The minimum Gasteiger partial charge on any atom is -0.285 e. The standard InChI is InChI=1S/C22H12O2/c23-21-17-12-10-15-8-4-7-14-9-11-16(20(17)18(14)15)19(22(21)24)13-5-2-1-3-6-13/h1-12H. The number of benzene rings is 5. The van der Waals surface area contributed by atoms with Gasteiger partial charge in [0.15, 0.2) is 0 Å². The molecular weight excluding hydrogens is 296 g/mol. The second kappa shape index (κ2) is 4.62. The summed E-state index contributed by atoms with van der Waals surface area (Å²) < 4.78 is 0. The lowest BCUT2D eigenvalue weighted by atomic mass is 9.89. The predicted octanol–water partition coefficient (Wildman–Crippen LogP) is 4.41. The van der Waals surface area contributed by atoms with E-state index in [-0.39, 0.29) is 0 Å².